The van der Waals surface area contributed by atoms with E-state index in [0.717, 1.165) is 28.7 Å². The van der Waals surface area contributed by atoms with E-state index >= 15 is 0 Å². The summed E-state index contributed by atoms with van der Waals surface area (Å²) in [5.41, 5.74) is 3.11. The second-order valence-electron chi connectivity index (χ2n) is 5.25. The molecule has 1 N–H and O–H groups in total. The Morgan fingerprint density at radius 2 is 2.14 bits per heavy atom. The number of benzene rings is 1. The predicted molar refractivity (Wildman–Crippen MR) is 86.2 cm³/mol. The molecule has 0 aliphatic rings. The van der Waals surface area contributed by atoms with E-state index in [1.165, 1.54) is 0 Å². The van der Waals surface area contributed by atoms with Gasteiger partial charge in [0.1, 0.15) is 5.82 Å². The Kier molecular flexibility index (Phi) is 4.91. The van der Waals surface area contributed by atoms with Gasteiger partial charge in [0.05, 0.1) is 22.7 Å². The number of rotatable bonds is 6. The summed E-state index contributed by atoms with van der Waals surface area (Å²) in [7, 11) is -3.14. The zero-order valence-corrected chi connectivity index (χ0v) is 14.0. The summed E-state index contributed by atoms with van der Waals surface area (Å²) in [6.07, 6.45) is 1.84. The fourth-order valence-electron chi connectivity index (χ4n) is 2.29. The molecule has 0 saturated carbocycles. The Morgan fingerprint density at radius 1 is 1.43 bits per heavy atom. The average Bonchev–Trinajstić information content (AvgIpc) is 2.71. The number of aromatic nitrogens is 2. The fourth-order valence-corrected chi connectivity index (χ4v) is 2.97. The van der Waals surface area contributed by atoms with Crippen LogP contribution in [0.25, 0.3) is 11.0 Å². The normalized spacial score (nSPS) is 13.7. The molecule has 1 unspecified atom stereocenters. The fraction of sp³-hybridized carbons (Fsp3) is 0.500. The minimum atomic E-state index is -3.14. The van der Waals surface area contributed by atoms with Crippen molar-refractivity contribution in [2.45, 2.75) is 32.2 Å². The second kappa shape index (κ2) is 6.34. The monoisotopic (exact) mass is 329 g/mol. The quantitative estimate of drug-likeness (QED) is 0.654. The van der Waals surface area contributed by atoms with Gasteiger partial charge in [0.15, 0.2) is 0 Å². The van der Waals surface area contributed by atoms with Gasteiger partial charge in [-0.15, -0.1) is 11.6 Å². The number of alkyl halides is 1. The summed E-state index contributed by atoms with van der Waals surface area (Å²) in [6, 6.07) is 6.10. The first-order valence-corrected chi connectivity index (χ1v) is 9.16. The molecule has 0 aliphatic heterocycles. The summed E-state index contributed by atoms with van der Waals surface area (Å²) >= 11 is 6.21. The van der Waals surface area contributed by atoms with E-state index in [9.17, 15) is 8.42 Å². The molecule has 0 saturated heterocycles. The van der Waals surface area contributed by atoms with E-state index < -0.39 is 10.0 Å². The third-order valence-corrected chi connectivity index (χ3v) is 4.14. The standard InChI is InChI=1S/C14H20ClN3O2S/c1-10-5-6-13-12(9-10)17-14(11(2)15)18(13)8-4-7-16-21(3,19)20/h5-6,9,11,16H,4,7-8H2,1-3H3. The van der Waals surface area contributed by atoms with Crippen molar-refractivity contribution in [3.8, 4) is 0 Å². The Morgan fingerprint density at radius 3 is 2.76 bits per heavy atom. The van der Waals surface area contributed by atoms with E-state index in [2.05, 4.69) is 14.3 Å². The van der Waals surface area contributed by atoms with Crippen molar-refractivity contribution >= 4 is 32.7 Å². The number of fused-ring (bicyclic) bond motifs is 1. The van der Waals surface area contributed by atoms with Gasteiger partial charge in [0.2, 0.25) is 10.0 Å². The molecule has 2 aromatic rings. The van der Waals surface area contributed by atoms with Crippen LogP contribution < -0.4 is 4.72 Å². The molecule has 0 aliphatic carbocycles. The van der Waals surface area contributed by atoms with E-state index in [1.54, 1.807) is 0 Å². The highest BCUT2D eigenvalue weighted by atomic mass is 35.5. The van der Waals surface area contributed by atoms with Gasteiger partial charge < -0.3 is 4.57 Å². The summed E-state index contributed by atoms with van der Waals surface area (Å²) in [5, 5.41) is -0.194. The molecule has 0 bridgehead atoms. The van der Waals surface area contributed by atoms with Crippen molar-refractivity contribution in [3.63, 3.8) is 0 Å². The maximum absolute atomic E-state index is 11.1. The van der Waals surface area contributed by atoms with Gasteiger partial charge in [-0.25, -0.2) is 18.1 Å². The summed E-state index contributed by atoms with van der Waals surface area (Å²) < 4.78 is 26.7. The van der Waals surface area contributed by atoms with Crippen LogP contribution in [0.15, 0.2) is 18.2 Å². The van der Waals surface area contributed by atoms with E-state index in [0.29, 0.717) is 19.5 Å². The van der Waals surface area contributed by atoms with Gasteiger partial charge in [-0.1, -0.05) is 6.07 Å². The molecule has 21 heavy (non-hydrogen) atoms. The SMILES string of the molecule is Cc1ccc2c(c1)nc(C(C)Cl)n2CCCNS(C)(=O)=O. The predicted octanol–water partition coefficient (Wildman–Crippen LogP) is 2.58. The zero-order valence-electron chi connectivity index (χ0n) is 12.4. The molecule has 1 atom stereocenters. The maximum atomic E-state index is 11.1. The van der Waals surface area contributed by atoms with Gasteiger partial charge in [-0.3, -0.25) is 0 Å². The number of aryl methyl sites for hydroxylation is 2. The lowest BCUT2D eigenvalue weighted by Crippen LogP contribution is -2.24. The highest BCUT2D eigenvalue weighted by molar-refractivity contribution is 7.88. The van der Waals surface area contributed by atoms with Crippen LogP contribution in [0.3, 0.4) is 0 Å². The van der Waals surface area contributed by atoms with Gasteiger partial charge in [0, 0.05) is 13.1 Å². The van der Waals surface area contributed by atoms with Gasteiger partial charge >= 0.3 is 0 Å². The number of nitrogens with one attached hydrogen (secondary N) is 1. The Labute approximate surface area is 130 Å². The molecule has 0 fully saturated rings. The number of hydrogen-bond donors (Lipinski definition) is 1. The molecule has 1 aromatic heterocycles. The summed E-state index contributed by atoms with van der Waals surface area (Å²) in [5.74, 6) is 0.816. The van der Waals surface area contributed by atoms with Crippen molar-refractivity contribution in [1.82, 2.24) is 14.3 Å². The molecule has 0 radical (unpaired) electrons. The average molecular weight is 330 g/mol. The number of halogens is 1. The largest absolute Gasteiger partial charge is 0.327 e. The smallest absolute Gasteiger partial charge is 0.208 e. The highest BCUT2D eigenvalue weighted by Gasteiger charge is 2.14. The lowest BCUT2D eigenvalue weighted by molar-refractivity contribution is 0.573. The zero-order chi connectivity index (χ0) is 15.6. The third-order valence-electron chi connectivity index (χ3n) is 3.21. The van der Waals surface area contributed by atoms with Gasteiger partial charge in [-0.05, 0) is 38.0 Å². The molecular formula is C14H20ClN3O2S. The minimum Gasteiger partial charge on any atom is -0.327 e. The first-order valence-electron chi connectivity index (χ1n) is 6.83. The topological polar surface area (TPSA) is 64.0 Å². The van der Waals surface area contributed by atoms with Crippen molar-refractivity contribution in [2.24, 2.45) is 0 Å². The van der Waals surface area contributed by atoms with Crippen LogP contribution in [-0.4, -0.2) is 30.8 Å². The van der Waals surface area contributed by atoms with Crippen molar-refractivity contribution in [3.05, 3.63) is 29.6 Å². The molecule has 1 aromatic carbocycles. The Balaban J connectivity index is 2.22. The van der Waals surface area contributed by atoms with E-state index in [4.69, 9.17) is 11.6 Å². The van der Waals surface area contributed by atoms with Crippen LogP contribution in [0.4, 0.5) is 0 Å². The van der Waals surface area contributed by atoms with Crippen molar-refractivity contribution < 1.29 is 8.42 Å². The lowest BCUT2D eigenvalue weighted by atomic mass is 10.2. The van der Waals surface area contributed by atoms with Crippen LogP contribution in [0.1, 0.15) is 30.1 Å². The molecule has 2 rings (SSSR count). The molecule has 5 nitrogen and oxygen atoms in total. The molecule has 1 heterocycles. The van der Waals surface area contributed by atoms with Crippen molar-refractivity contribution in [2.75, 3.05) is 12.8 Å². The van der Waals surface area contributed by atoms with E-state index in [-0.39, 0.29) is 5.38 Å². The first kappa shape index (κ1) is 16.3. The summed E-state index contributed by atoms with van der Waals surface area (Å²) in [4.78, 5) is 4.59. The Bertz CT molecular complexity index is 738. The van der Waals surface area contributed by atoms with Crippen LogP contribution in [-0.2, 0) is 16.6 Å². The highest BCUT2D eigenvalue weighted by Crippen LogP contribution is 2.25. The van der Waals surface area contributed by atoms with E-state index in [1.807, 2.05) is 32.0 Å². The van der Waals surface area contributed by atoms with Crippen LogP contribution in [0.2, 0.25) is 0 Å². The molecule has 116 valence electrons. The second-order valence-corrected chi connectivity index (χ2v) is 7.74. The molecular weight excluding hydrogens is 310 g/mol. The number of sulfonamides is 1. The minimum absolute atomic E-state index is 0.194. The first-order chi connectivity index (χ1) is 9.78. The number of nitrogens with zero attached hydrogens (tertiary/aromatic N) is 2. The number of hydrogen-bond acceptors (Lipinski definition) is 3. The van der Waals surface area contributed by atoms with Crippen LogP contribution in [0, 0.1) is 6.92 Å². The molecule has 0 amide bonds. The summed E-state index contributed by atoms with van der Waals surface area (Å²) in [6.45, 7) is 4.99. The molecule has 0 spiro atoms. The van der Waals surface area contributed by atoms with Crippen molar-refractivity contribution in [1.29, 1.82) is 0 Å². The van der Waals surface area contributed by atoms with Crippen LogP contribution >= 0.6 is 11.6 Å². The maximum Gasteiger partial charge on any atom is 0.208 e. The Hall–Kier alpha value is -1.11. The molecule has 7 heteroatoms. The van der Waals surface area contributed by atoms with Gasteiger partial charge in [-0.2, -0.15) is 0 Å². The van der Waals surface area contributed by atoms with Crippen LogP contribution in [0.5, 0.6) is 0 Å². The lowest BCUT2D eigenvalue weighted by Gasteiger charge is -2.10. The number of imidazole rings is 1. The third kappa shape index (κ3) is 4.18. The van der Waals surface area contributed by atoms with Gasteiger partial charge in [0.25, 0.3) is 0 Å².